The van der Waals surface area contributed by atoms with Crippen LogP contribution >= 0.6 is 0 Å². The fourth-order valence-corrected chi connectivity index (χ4v) is 4.84. The molecule has 6 nitrogen and oxygen atoms in total. The highest BCUT2D eigenvalue weighted by Gasteiger charge is 2.47. The van der Waals surface area contributed by atoms with Crippen molar-refractivity contribution >= 4 is 17.7 Å². The first-order valence-electron chi connectivity index (χ1n) is 10.6. The average Bonchev–Trinajstić information content (AvgIpc) is 2.99. The van der Waals surface area contributed by atoms with Crippen LogP contribution < -0.4 is 0 Å². The minimum absolute atomic E-state index is 0.0222. The zero-order valence-corrected chi connectivity index (χ0v) is 16.7. The number of fused-ring (bicyclic) bond motifs is 1. The molecule has 2 heterocycles. The molecule has 2 aliphatic heterocycles. The number of amides is 3. The van der Waals surface area contributed by atoms with Crippen LogP contribution in [0.3, 0.4) is 0 Å². The molecule has 2 atom stereocenters. The molecule has 1 saturated carbocycles. The van der Waals surface area contributed by atoms with Gasteiger partial charge in [-0.25, -0.2) is 4.39 Å². The maximum atomic E-state index is 13.8. The Morgan fingerprint density at radius 1 is 0.966 bits per heavy atom. The molecular weight excluding hydrogens is 373 g/mol. The van der Waals surface area contributed by atoms with Gasteiger partial charge in [-0.05, 0) is 18.9 Å². The van der Waals surface area contributed by atoms with Crippen molar-refractivity contribution in [2.45, 2.75) is 38.6 Å². The molecule has 29 heavy (non-hydrogen) atoms. The molecule has 1 aromatic carbocycles. The van der Waals surface area contributed by atoms with Crippen molar-refractivity contribution in [2.24, 2.45) is 11.8 Å². The number of nitrogens with zero attached hydrogens (tertiary/aromatic N) is 3. The molecule has 7 heteroatoms. The average molecular weight is 401 g/mol. The Kier molecular flexibility index (Phi) is 5.94. The summed E-state index contributed by atoms with van der Waals surface area (Å²) in [6.45, 7) is 3.27. The highest BCUT2D eigenvalue weighted by atomic mass is 19.1. The van der Waals surface area contributed by atoms with E-state index in [1.54, 1.807) is 17.0 Å². The summed E-state index contributed by atoms with van der Waals surface area (Å²) in [6.07, 6.45) is 3.78. The Balaban J connectivity index is 1.25. The maximum absolute atomic E-state index is 13.8. The van der Waals surface area contributed by atoms with Gasteiger partial charge in [-0.3, -0.25) is 24.2 Å². The molecule has 1 aliphatic carbocycles. The van der Waals surface area contributed by atoms with Crippen LogP contribution in [0.2, 0.25) is 0 Å². The van der Waals surface area contributed by atoms with Crippen molar-refractivity contribution in [3.8, 4) is 0 Å². The summed E-state index contributed by atoms with van der Waals surface area (Å²) in [4.78, 5) is 42.9. The van der Waals surface area contributed by atoms with E-state index in [1.807, 2.05) is 6.07 Å². The lowest BCUT2D eigenvalue weighted by atomic mass is 9.81. The number of carbonyl (C=O) groups is 3. The molecule has 0 spiro atoms. The molecule has 4 rings (SSSR count). The number of benzene rings is 1. The zero-order chi connectivity index (χ0) is 20.4. The molecule has 3 fully saturated rings. The zero-order valence-electron chi connectivity index (χ0n) is 16.7. The molecule has 3 amide bonds. The van der Waals surface area contributed by atoms with Gasteiger partial charge in [0.15, 0.2) is 0 Å². The number of carbonyl (C=O) groups excluding carboxylic acids is 3. The van der Waals surface area contributed by atoms with Gasteiger partial charge in [-0.1, -0.05) is 31.0 Å². The van der Waals surface area contributed by atoms with E-state index < -0.39 is 0 Å². The van der Waals surface area contributed by atoms with Crippen molar-refractivity contribution in [1.82, 2.24) is 14.7 Å². The van der Waals surface area contributed by atoms with Crippen LogP contribution in [0.4, 0.5) is 4.39 Å². The van der Waals surface area contributed by atoms with E-state index in [1.165, 1.54) is 11.0 Å². The van der Waals surface area contributed by atoms with E-state index in [2.05, 4.69) is 4.90 Å². The maximum Gasteiger partial charge on any atom is 0.233 e. The predicted octanol–water partition coefficient (Wildman–Crippen LogP) is 2.04. The first-order chi connectivity index (χ1) is 14.0. The van der Waals surface area contributed by atoms with E-state index in [-0.39, 0.29) is 48.3 Å². The number of hydrogen-bond acceptors (Lipinski definition) is 4. The second-order valence-electron chi connectivity index (χ2n) is 8.32. The molecule has 0 unspecified atom stereocenters. The fourth-order valence-electron chi connectivity index (χ4n) is 4.84. The highest BCUT2D eigenvalue weighted by Crippen LogP contribution is 2.38. The van der Waals surface area contributed by atoms with Crippen LogP contribution in [0.25, 0.3) is 0 Å². The van der Waals surface area contributed by atoms with Gasteiger partial charge in [-0.15, -0.1) is 0 Å². The Bertz CT molecular complexity index is 767. The highest BCUT2D eigenvalue weighted by molar-refractivity contribution is 6.05. The summed E-state index contributed by atoms with van der Waals surface area (Å²) in [7, 11) is 0. The van der Waals surface area contributed by atoms with Crippen molar-refractivity contribution in [3.63, 3.8) is 0 Å². The van der Waals surface area contributed by atoms with Crippen molar-refractivity contribution < 1.29 is 18.8 Å². The standard InChI is InChI=1S/C22H28FN3O3/c23-19-8-4-1-5-16(19)15-24-11-13-25(14-12-24)20(27)9-10-26-21(28)17-6-2-3-7-18(17)22(26)29/h1,4-5,8,17-18H,2-3,6-7,9-15H2/t17-,18-/m0/s1. The smallest absolute Gasteiger partial charge is 0.233 e. The van der Waals surface area contributed by atoms with E-state index in [9.17, 15) is 18.8 Å². The summed E-state index contributed by atoms with van der Waals surface area (Å²) in [5.74, 6) is -0.705. The van der Waals surface area contributed by atoms with Crippen LogP contribution in [0.15, 0.2) is 24.3 Å². The van der Waals surface area contributed by atoms with E-state index in [4.69, 9.17) is 0 Å². The number of hydrogen-bond donors (Lipinski definition) is 0. The van der Waals surface area contributed by atoms with Crippen LogP contribution in [0.1, 0.15) is 37.7 Å². The SMILES string of the molecule is O=C(CCN1C(=O)[C@H]2CCCC[C@@H]2C1=O)N1CCN(Cc2ccccc2F)CC1. The van der Waals surface area contributed by atoms with Crippen LogP contribution in [-0.4, -0.2) is 65.1 Å². The molecule has 2 saturated heterocycles. The van der Waals surface area contributed by atoms with Crippen LogP contribution in [-0.2, 0) is 20.9 Å². The number of halogens is 1. The molecule has 0 bridgehead atoms. The van der Waals surface area contributed by atoms with Gasteiger partial charge in [0.05, 0.1) is 11.8 Å². The summed E-state index contributed by atoms with van der Waals surface area (Å²) in [5.41, 5.74) is 0.666. The van der Waals surface area contributed by atoms with Crippen molar-refractivity contribution in [2.75, 3.05) is 32.7 Å². The van der Waals surface area contributed by atoms with E-state index >= 15 is 0 Å². The topological polar surface area (TPSA) is 60.9 Å². The summed E-state index contributed by atoms with van der Waals surface area (Å²) >= 11 is 0. The molecule has 3 aliphatic rings. The number of piperazine rings is 1. The second-order valence-corrected chi connectivity index (χ2v) is 8.32. The third-order valence-electron chi connectivity index (χ3n) is 6.56. The third kappa shape index (κ3) is 4.20. The molecule has 0 aromatic heterocycles. The predicted molar refractivity (Wildman–Crippen MR) is 105 cm³/mol. The Hall–Kier alpha value is -2.28. The van der Waals surface area contributed by atoms with Crippen molar-refractivity contribution in [1.29, 1.82) is 0 Å². The Labute approximate surface area is 170 Å². The van der Waals surface area contributed by atoms with Gasteiger partial charge >= 0.3 is 0 Å². The summed E-state index contributed by atoms with van der Waals surface area (Å²) < 4.78 is 13.8. The number of likely N-dealkylation sites (tertiary alicyclic amines) is 1. The summed E-state index contributed by atoms with van der Waals surface area (Å²) in [5, 5.41) is 0. The Morgan fingerprint density at radius 2 is 1.59 bits per heavy atom. The lowest BCUT2D eigenvalue weighted by molar-refractivity contribution is -0.141. The number of imide groups is 1. The van der Waals surface area contributed by atoms with Gasteiger partial charge in [0.2, 0.25) is 17.7 Å². The molecule has 0 N–H and O–H groups in total. The number of rotatable bonds is 5. The third-order valence-corrected chi connectivity index (χ3v) is 6.56. The van der Waals surface area contributed by atoms with Crippen LogP contribution in [0, 0.1) is 17.7 Å². The van der Waals surface area contributed by atoms with Gasteiger partial charge in [0.25, 0.3) is 0 Å². The lowest BCUT2D eigenvalue weighted by Gasteiger charge is -2.35. The minimum Gasteiger partial charge on any atom is -0.340 e. The quantitative estimate of drug-likeness (QED) is 0.709. The molecular formula is C22H28FN3O3. The van der Waals surface area contributed by atoms with Crippen LogP contribution in [0.5, 0.6) is 0 Å². The van der Waals surface area contributed by atoms with E-state index in [0.717, 1.165) is 25.7 Å². The first-order valence-corrected chi connectivity index (χ1v) is 10.6. The summed E-state index contributed by atoms with van der Waals surface area (Å²) in [6, 6.07) is 6.76. The van der Waals surface area contributed by atoms with Gasteiger partial charge in [-0.2, -0.15) is 0 Å². The molecule has 1 aromatic rings. The van der Waals surface area contributed by atoms with Gasteiger partial charge in [0.1, 0.15) is 5.82 Å². The van der Waals surface area contributed by atoms with Gasteiger partial charge in [0, 0.05) is 51.3 Å². The van der Waals surface area contributed by atoms with Crippen molar-refractivity contribution in [3.05, 3.63) is 35.6 Å². The minimum atomic E-state index is -0.202. The van der Waals surface area contributed by atoms with E-state index in [0.29, 0.717) is 38.3 Å². The second kappa shape index (κ2) is 8.61. The Morgan fingerprint density at radius 3 is 2.21 bits per heavy atom. The fraction of sp³-hybridized carbons (Fsp3) is 0.591. The largest absolute Gasteiger partial charge is 0.340 e. The molecule has 156 valence electrons. The normalized spacial score (nSPS) is 25.4. The van der Waals surface area contributed by atoms with Gasteiger partial charge < -0.3 is 4.90 Å². The molecule has 0 radical (unpaired) electrons. The first kappa shape index (κ1) is 20.0. The lowest BCUT2D eigenvalue weighted by Crippen LogP contribution is -2.49. The monoisotopic (exact) mass is 401 g/mol.